The number of hydrogen-bond acceptors (Lipinski definition) is 4. The molecular weight excluding hydrogens is 325 g/mol. The van der Waals surface area contributed by atoms with Crippen LogP contribution in [-0.4, -0.2) is 16.4 Å². The Labute approximate surface area is 139 Å². The smallest absolute Gasteiger partial charge is 0.245 e. The highest BCUT2D eigenvalue weighted by molar-refractivity contribution is 7.14. The zero-order valence-electron chi connectivity index (χ0n) is 12.4. The molecule has 1 aromatic carbocycles. The minimum atomic E-state index is -0.932. The van der Waals surface area contributed by atoms with Crippen LogP contribution in [0, 0.1) is 5.82 Å². The Morgan fingerprint density at radius 3 is 2.77 bits per heavy atom. The van der Waals surface area contributed by atoms with Crippen LogP contribution in [0.3, 0.4) is 0 Å². The van der Waals surface area contributed by atoms with E-state index in [-0.39, 0.29) is 24.1 Å². The number of halogens is 2. The summed E-state index contributed by atoms with van der Waals surface area (Å²) in [5.41, 5.74) is 5.95. The van der Waals surface area contributed by atoms with Crippen LogP contribution in [-0.2, 0) is 4.79 Å². The first-order valence-corrected chi connectivity index (χ1v) is 7.63. The van der Waals surface area contributed by atoms with E-state index in [9.17, 15) is 9.18 Å². The second-order valence-corrected chi connectivity index (χ2v) is 6.00. The van der Waals surface area contributed by atoms with Crippen molar-refractivity contribution in [3.63, 3.8) is 0 Å². The van der Waals surface area contributed by atoms with E-state index in [2.05, 4.69) is 10.3 Å². The lowest BCUT2D eigenvalue weighted by atomic mass is 9.97. The molecule has 1 aromatic heterocycles. The van der Waals surface area contributed by atoms with Gasteiger partial charge >= 0.3 is 0 Å². The van der Waals surface area contributed by atoms with Gasteiger partial charge in [-0.15, -0.1) is 23.7 Å². The lowest BCUT2D eigenvalue weighted by molar-refractivity contribution is -0.120. The summed E-state index contributed by atoms with van der Waals surface area (Å²) in [5, 5.41) is 4.83. The number of nitrogens with one attached hydrogen (secondary N) is 1. The van der Waals surface area contributed by atoms with Gasteiger partial charge < -0.3 is 11.1 Å². The lowest BCUT2D eigenvalue weighted by Gasteiger charge is -2.21. The van der Waals surface area contributed by atoms with E-state index in [4.69, 9.17) is 5.73 Å². The molecule has 22 heavy (non-hydrogen) atoms. The van der Waals surface area contributed by atoms with E-state index in [0.29, 0.717) is 22.8 Å². The van der Waals surface area contributed by atoms with Crippen molar-refractivity contribution < 1.29 is 9.18 Å². The zero-order valence-corrected chi connectivity index (χ0v) is 14.1. The maximum Gasteiger partial charge on any atom is 0.245 e. The number of aromatic nitrogens is 1. The van der Waals surface area contributed by atoms with E-state index in [1.54, 1.807) is 30.5 Å². The molecule has 2 rings (SSSR count). The van der Waals surface area contributed by atoms with Gasteiger partial charge in [0.25, 0.3) is 0 Å². The van der Waals surface area contributed by atoms with Gasteiger partial charge in [0.05, 0.1) is 11.2 Å². The summed E-state index contributed by atoms with van der Waals surface area (Å²) in [4.78, 5) is 16.3. The number of nitrogens with two attached hydrogens (primary N) is 1. The Bertz CT molecular complexity index is 645. The average molecular weight is 344 g/mol. The molecule has 0 bridgehead atoms. The van der Waals surface area contributed by atoms with E-state index in [1.807, 2.05) is 6.92 Å². The molecular formula is C15H19ClFN3OS. The summed E-state index contributed by atoms with van der Waals surface area (Å²) in [6.07, 6.45) is 1.41. The SMILES string of the molecule is CCCC(C)(N)C(=O)Nc1nc(-c2ccccc2F)cs1.Cl. The second kappa shape index (κ2) is 7.67. The molecule has 4 nitrogen and oxygen atoms in total. The number of carbonyl (C=O) groups is 1. The largest absolute Gasteiger partial charge is 0.318 e. The summed E-state index contributed by atoms with van der Waals surface area (Å²) in [6.45, 7) is 3.66. The van der Waals surface area contributed by atoms with Gasteiger partial charge in [-0.1, -0.05) is 25.5 Å². The van der Waals surface area contributed by atoms with Crippen LogP contribution >= 0.6 is 23.7 Å². The number of benzene rings is 1. The summed E-state index contributed by atoms with van der Waals surface area (Å²) in [7, 11) is 0. The van der Waals surface area contributed by atoms with Gasteiger partial charge in [0.1, 0.15) is 5.82 Å². The third-order valence-electron chi connectivity index (χ3n) is 3.16. The molecule has 1 atom stereocenters. The van der Waals surface area contributed by atoms with E-state index in [0.717, 1.165) is 6.42 Å². The minimum absolute atomic E-state index is 0. The summed E-state index contributed by atoms with van der Waals surface area (Å²) in [6, 6.07) is 6.40. The Balaban J connectivity index is 0.00000242. The van der Waals surface area contributed by atoms with Crippen molar-refractivity contribution >= 4 is 34.8 Å². The van der Waals surface area contributed by atoms with E-state index in [1.165, 1.54) is 17.4 Å². The zero-order chi connectivity index (χ0) is 15.5. The third-order valence-corrected chi connectivity index (χ3v) is 3.92. The quantitative estimate of drug-likeness (QED) is 0.867. The van der Waals surface area contributed by atoms with Gasteiger partial charge in [0.15, 0.2) is 5.13 Å². The Morgan fingerprint density at radius 1 is 1.45 bits per heavy atom. The number of rotatable bonds is 5. The van der Waals surface area contributed by atoms with Crippen LogP contribution < -0.4 is 11.1 Å². The Morgan fingerprint density at radius 2 is 2.14 bits per heavy atom. The van der Waals surface area contributed by atoms with Crippen molar-refractivity contribution in [1.29, 1.82) is 0 Å². The van der Waals surface area contributed by atoms with Gasteiger partial charge in [-0.25, -0.2) is 9.37 Å². The van der Waals surface area contributed by atoms with Crippen molar-refractivity contribution in [2.24, 2.45) is 5.73 Å². The van der Waals surface area contributed by atoms with E-state index >= 15 is 0 Å². The molecule has 0 aliphatic carbocycles. The highest BCUT2D eigenvalue weighted by atomic mass is 35.5. The van der Waals surface area contributed by atoms with Gasteiger partial charge in [-0.3, -0.25) is 4.79 Å². The van der Waals surface area contributed by atoms with Crippen LogP contribution in [0.25, 0.3) is 11.3 Å². The molecule has 1 heterocycles. The van der Waals surface area contributed by atoms with Crippen LogP contribution in [0.4, 0.5) is 9.52 Å². The lowest BCUT2D eigenvalue weighted by Crippen LogP contribution is -2.48. The minimum Gasteiger partial charge on any atom is -0.318 e. The average Bonchev–Trinajstić information content (AvgIpc) is 2.87. The standard InChI is InChI=1S/C15H18FN3OS.ClH/c1-3-8-15(2,17)13(20)19-14-18-12(9-21-14)10-6-4-5-7-11(10)16;/h4-7,9H,3,8,17H2,1-2H3,(H,18,19,20);1H. The number of thiazole rings is 1. The predicted molar refractivity (Wildman–Crippen MR) is 90.9 cm³/mol. The van der Waals surface area contributed by atoms with Crippen LogP contribution in [0.1, 0.15) is 26.7 Å². The molecule has 0 aliphatic heterocycles. The summed E-state index contributed by atoms with van der Waals surface area (Å²) in [5.74, 6) is -0.617. The molecule has 7 heteroatoms. The number of hydrogen-bond donors (Lipinski definition) is 2. The topological polar surface area (TPSA) is 68.0 Å². The van der Waals surface area contributed by atoms with Crippen molar-refractivity contribution in [2.75, 3.05) is 5.32 Å². The maximum absolute atomic E-state index is 13.7. The monoisotopic (exact) mass is 343 g/mol. The predicted octanol–water partition coefficient (Wildman–Crippen LogP) is 3.83. The highest BCUT2D eigenvalue weighted by Crippen LogP contribution is 2.27. The molecule has 0 saturated carbocycles. The van der Waals surface area contributed by atoms with Gasteiger partial charge in [0, 0.05) is 10.9 Å². The first-order valence-electron chi connectivity index (χ1n) is 6.75. The number of amides is 1. The summed E-state index contributed by atoms with van der Waals surface area (Å²) < 4.78 is 13.7. The van der Waals surface area contributed by atoms with Crippen LogP contribution in [0.15, 0.2) is 29.6 Å². The van der Waals surface area contributed by atoms with E-state index < -0.39 is 5.54 Å². The normalized spacial score (nSPS) is 13.1. The Hall–Kier alpha value is -1.50. The molecule has 0 saturated heterocycles. The first kappa shape index (κ1) is 18.5. The molecule has 0 fully saturated rings. The van der Waals surface area contributed by atoms with Crippen molar-refractivity contribution in [3.8, 4) is 11.3 Å². The fourth-order valence-electron chi connectivity index (χ4n) is 2.00. The summed E-state index contributed by atoms with van der Waals surface area (Å²) >= 11 is 1.25. The molecule has 1 unspecified atom stereocenters. The molecule has 2 aromatic rings. The van der Waals surface area contributed by atoms with Gasteiger partial charge in [-0.2, -0.15) is 0 Å². The molecule has 3 N–H and O–H groups in total. The van der Waals surface area contributed by atoms with Crippen molar-refractivity contribution in [1.82, 2.24) is 4.98 Å². The molecule has 0 spiro atoms. The molecule has 0 radical (unpaired) electrons. The van der Waals surface area contributed by atoms with Gasteiger partial charge in [-0.05, 0) is 25.5 Å². The highest BCUT2D eigenvalue weighted by Gasteiger charge is 2.27. The van der Waals surface area contributed by atoms with Crippen LogP contribution in [0.2, 0.25) is 0 Å². The maximum atomic E-state index is 13.7. The first-order chi connectivity index (χ1) is 9.94. The molecule has 0 aliphatic rings. The van der Waals surface area contributed by atoms with Gasteiger partial charge in [0.2, 0.25) is 5.91 Å². The van der Waals surface area contributed by atoms with Crippen molar-refractivity contribution in [2.45, 2.75) is 32.2 Å². The molecule has 120 valence electrons. The number of anilines is 1. The second-order valence-electron chi connectivity index (χ2n) is 5.14. The van der Waals surface area contributed by atoms with Crippen LogP contribution in [0.5, 0.6) is 0 Å². The fraction of sp³-hybridized carbons (Fsp3) is 0.333. The fourth-order valence-corrected chi connectivity index (χ4v) is 2.70. The number of carbonyl (C=O) groups excluding carboxylic acids is 1. The van der Waals surface area contributed by atoms with Crippen molar-refractivity contribution in [3.05, 3.63) is 35.5 Å². The third kappa shape index (κ3) is 4.25. The molecule has 1 amide bonds. The Kier molecular flexibility index (Phi) is 6.47. The number of nitrogens with zero attached hydrogens (tertiary/aromatic N) is 1.